The lowest BCUT2D eigenvalue weighted by atomic mass is 9.92. The van der Waals surface area contributed by atoms with Gasteiger partial charge in [-0.1, -0.05) is 18.2 Å². The number of piperidine rings is 2. The molecule has 3 saturated heterocycles. The summed E-state index contributed by atoms with van der Waals surface area (Å²) >= 11 is 0. The third kappa shape index (κ3) is 4.08. The molecular formula is C24H34N4O. The molecule has 5 rings (SSSR count). The SMILES string of the molecule is O=C(C1CCN(C2CCN(Cc3c[nH]c4ccccc34)CC2)CC1)N1CCCC1. The molecule has 0 saturated carbocycles. The van der Waals surface area contributed by atoms with Gasteiger partial charge in [0, 0.05) is 48.7 Å². The van der Waals surface area contributed by atoms with Gasteiger partial charge >= 0.3 is 0 Å². The van der Waals surface area contributed by atoms with E-state index in [9.17, 15) is 4.79 Å². The van der Waals surface area contributed by atoms with Crippen LogP contribution < -0.4 is 0 Å². The summed E-state index contributed by atoms with van der Waals surface area (Å²) in [5.41, 5.74) is 2.66. The van der Waals surface area contributed by atoms with E-state index in [1.54, 1.807) is 0 Å². The van der Waals surface area contributed by atoms with E-state index in [1.807, 2.05) is 0 Å². The van der Waals surface area contributed by atoms with Crippen LogP contribution in [0.3, 0.4) is 0 Å². The predicted molar refractivity (Wildman–Crippen MR) is 117 cm³/mol. The molecule has 0 aliphatic carbocycles. The second-order valence-corrected chi connectivity index (χ2v) is 9.21. The first kappa shape index (κ1) is 19.1. The molecule has 1 aromatic heterocycles. The minimum atomic E-state index is 0.284. The van der Waals surface area contributed by atoms with Gasteiger partial charge < -0.3 is 14.8 Å². The van der Waals surface area contributed by atoms with Crippen LogP contribution >= 0.6 is 0 Å². The quantitative estimate of drug-likeness (QED) is 0.864. The maximum atomic E-state index is 12.7. The van der Waals surface area contributed by atoms with Crippen molar-refractivity contribution >= 4 is 16.8 Å². The summed E-state index contributed by atoms with van der Waals surface area (Å²) in [6.45, 7) is 7.60. The second kappa shape index (κ2) is 8.49. The van der Waals surface area contributed by atoms with E-state index in [0.717, 1.165) is 45.6 Å². The Morgan fingerprint density at radius 3 is 2.41 bits per heavy atom. The van der Waals surface area contributed by atoms with Gasteiger partial charge in [0.1, 0.15) is 0 Å². The number of nitrogens with one attached hydrogen (secondary N) is 1. The first-order valence-corrected chi connectivity index (χ1v) is 11.6. The van der Waals surface area contributed by atoms with Crippen molar-refractivity contribution in [2.24, 2.45) is 5.92 Å². The third-order valence-electron chi connectivity index (χ3n) is 7.44. The number of benzene rings is 1. The Balaban J connectivity index is 1.09. The van der Waals surface area contributed by atoms with E-state index in [0.29, 0.717) is 11.9 Å². The van der Waals surface area contributed by atoms with Crippen molar-refractivity contribution in [2.45, 2.75) is 51.1 Å². The Morgan fingerprint density at radius 2 is 1.66 bits per heavy atom. The number of likely N-dealkylation sites (tertiary alicyclic amines) is 3. The van der Waals surface area contributed by atoms with Crippen molar-refractivity contribution in [3.63, 3.8) is 0 Å². The van der Waals surface area contributed by atoms with Crippen molar-refractivity contribution < 1.29 is 4.79 Å². The van der Waals surface area contributed by atoms with Gasteiger partial charge in [-0.25, -0.2) is 0 Å². The summed E-state index contributed by atoms with van der Waals surface area (Å²) < 4.78 is 0. The van der Waals surface area contributed by atoms with Crippen LogP contribution in [0, 0.1) is 5.92 Å². The lowest BCUT2D eigenvalue weighted by molar-refractivity contribution is -0.136. The molecule has 0 unspecified atom stereocenters. The number of amides is 1. The molecule has 4 heterocycles. The number of fused-ring (bicyclic) bond motifs is 1. The topological polar surface area (TPSA) is 42.6 Å². The molecule has 2 aromatic rings. The Kier molecular flexibility index (Phi) is 5.60. The third-order valence-corrected chi connectivity index (χ3v) is 7.44. The van der Waals surface area contributed by atoms with Crippen molar-refractivity contribution in [1.29, 1.82) is 0 Å². The molecule has 3 fully saturated rings. The summed E-state index contributed by atoms with van der Waals surface area (Å²) in [4.78, 5) is 23.5. The number of rotatable bonds is 4. The zero-order valence-corrected chi connectivity index (χ0v) is 17.5. The molecule has 0 atom stereocenters. The van der Waals surface area contributed by atoms with E-state index in [1.165, 1.54) is 55.2 Å². The minimum absolute atomic E-state index is 0.284. The van der Waals surface area contributed by atoms with Crippen molar-refractivity contribution in [1.82, 2.24) is 19.7 Å². The maximum Gasteiger partial charge on any atom is 0.225 e. The van der Waals surface area contributed by atoms with Crippen LogP contribution in [0.4, 0.5) is 0 Å². The molecule has 29 heavy (non-hydrogen) atoms. The zero-order chi connectivity index (χ0) is 19.6. The summed E-state index contributed by atoms with van der Waals surface area (Å²) in [6, 6.07) is 9.31. The van der Waals surface area contributed by atoms with E-state index in [2.05, 4.69) is 50.1 Å². The van der Waals surface area contributed by atoms with E-state index >= 15 is 0 Å². The van der Waals surface area contributed by atoms with Gasteiger partial charge in [-0.2, -0.15) is 0 Å². The Hall–Kier alpha value is -1.85. The van der Waals surface area contributed by atoms with E-state index < -0.39 is 0 Å². The summed E-state index contributed by atoms with van der Waals surface area (Å²) in [6.07, 6.45) is 9.21. The summed E-state index contributed by atoms with van der Waals surface area (Å²) in [5, 5.41) is 1.36. The first-order chi connectivity index (χ1) is 14.3. The standard InChI is InChI=1S/C24H34N4O/c29-24(28-11-3-4-12-28)19-7-15-27(16-8-19)21-9-13-26(14-10-21)18-20-17-25-23-6-2-1-5-22(20)23/h1-2,5-6,17,19,21,25H,3-4,7-16,18H2. The fraction of sp³-hybridized carbons (Fsp3) is 0.625. The highest BCUT2D eigenvalue weighted by Crippen LogP contribution is 2.27. The Bertz CT molecular complexity index is 824. The maximum absolute atomic E-state index is 12.7. The molecule has 5 heteroatoms. The van der Waals surface area contributed by atoms with Crippen LogP contribution in [0.1, 0.15) is 44.1 Å². The van der Waals surface area contributed by atoms with Crippen molar-refractivity contribution in [3.05, 3.63) is 36.0 Å². The molecule has 156 valence electrons. The highest BCUT2D eigenvalue weighted by atomic mass is 16.2. The number of aromatic nitrogens is 1. The van der Waals surface area contributed by atoms with Gasteiger partial charge in [0.05, 0.1) is 0 Å². The molecule has 5 nitrogen and oxygen atoms in total. The average molecular weight is 395 g/mol. The number of aromatic amines is 1. The summed E-state index contributed by atoms with van der Waals surface area (Å²) in [5.74, 6) is 0.724. The molecule has 1 aromatic carbocycles. The largest absolute Gasteiger partial charge is 0.361 e. The molecule has 1 amide bonds. The van der Waals surface area contributed by atoms with Gasteiger partial charge in [0.15, 0.2) is 0 Å². The minimum Gasteiger partial charge on any atom is -0.361 e. The fourth-order valence-corrected chi connectivity index (χ4v) is 5.65. The van der Waals surface area contributed by atoms with Gasteiger partial charge in [0.25, 0.3) is 0 Å². The number of para-hydroxylation sites is 1. The van der Waals surface area contributed by atoms with E-state index in [4.69, 9.17) is 0 Å². The predicted octanol–water partition coefficient (Wildman–Crippen LogP) is 3.47. The highest BCUT2D eigenvalue weighted by Gasteiger charge is 2.33. The molecule has 0 spiro atoms. The number of H-pyrrole nitrogens is 1. The number of carbonyl (C=O) groups excluding carboxylic acids is 1. The zero-order valence-electron chi connectivity index (χ0n) is 17.5. The van der Waals surface area contributed by atoms with Crippen LogP contribution in [-0.4, -0.2) is 70.9 Å². The molecular weight excluding hydrogens is 360 g/mol. The van der Waals surface area contributed by atoms with Crippen LogP contribution in [0.15, 0.2) is 30.5 Å². The fourth-order valence-electron chi connectivity index (χ4n) is 5.65. The van der Waals surface area contributed by atoms with Crippen molar-refractivity contribution in [3.8, 4) is 0 Å². The van der Waals surface area contributed by atoms with Gasteiger partial charge in [-0.3, -0.25) is 9.69 Å². The molecule has 3 aliphatic heterocycles. The number of nitrogens with zero attached hydrogens (tertiary/aromatic N) is 3. The van der Waals surface area contributed by atoms with Crippen molar-refractivity contribution in [2.75, 3.05) is 39.3 Å². The molecule has 0 bridgehead atoms. The van der Waals surface area contributed by atoms with Gasteiger partial charge in [-0.15, -0.1) is 0 Å². The van der Waals surface area contributed by atoms with Crippen LogP contribution in [0.2, 0.25) is 0 Å². The normalized spacial score (nSPS) is 23.2. The molecule has 3 aliphatic rings. The molecule has 1 N–H and O–H groups in total. The monoisotopic (exact) mass is 394 g/mol. The lowest BCUT2D eigenvalue weighted by Crippen LogP contribution is -2.49. The van der Waals surface area contributed by atoms with Gasteiger partial charge in [0.2, 0.25) is 5.91 Å². The Morgan fingerprint density at radius 1 is 0.931 bits per heavy atom. The average Bonchev–Trinajstić information content (AvgIpc) is 3.45. The number of carbonyl (C=O) groups is 1. The highest BCUT2D eigenvalue weighted by molar-refractivity contribution is 5.83. The first-order valence-electron chi connectivity index (χ1n) is 11.6. The lowest BCUT2D eigenvalue weighted by Gasteiger charge is -2.42. The van der Waals surface area contributed by atoms with Crippen LogP contribution in [-0.2, 0) is 11.3 Å². The van der Waals surface area contributed by atoms with Crippen LogP contribution in [0.5, 0.6) is 0 Å². The number of hydrogen-bond donors (Lipinski definition) is 1. The van der Waals surface area contributed by atoms with Crippen LogP contribution in [0.25, 0.3) is 10.9 Å². The second-order valence-electron chi connectivity index (χ2n) is 9.21. The Labute approximate surface area is 174 Å². The molecule has 0 radical (unpaired) electrons. The summed E-state index contributed by atoms with van der Waals surface area (Å²) in [7, 11) is 0. The van der Waals surface area contributed by atoms with E-state index in [-0.39, 0.29) is 5.92 Å². The van der Waals surface area contributed by atoms with Gasteiger partial charge in [-0.05, 0) is 76.3 Å². The smallest absolute Gasteiger partial charge is 0.225 e. The number of hydrogen-bond acceptors (Lipinski definition) is 3.